The van der Waals surface area contributed by atoms with Gasteiger partial charge >= 0.3 is 0 Å². The number of rotatable bonds is 3. The molecule has 2 rings (SSSR count). The fraction of sp³-hybridized carbons (Fsp3) is 0.571. The SMILES string of the molecule is Cc1cc(C)cc([C@@H](CF)N2CCNCC2)c1.Cl.Cl. The molecule has 1 aromatic rings. The van der Waals surface area contributed by atoms with E-state index in [9.17, 15) is 4.39 Å². The molecule has 0 saturated carbocycles. The maximum absolute atomic E-state index is 13.3. The van der Waals surface area contributed by atoms with Crippen molar-refractivity contribution in [1.82, 2.24) is 10.2 Å². The van der Waals surface area contributed by atoms with Gasteiger partial charge in [-0.25, -0.2) is 4.39 Å². The van der Waals surface area contributed by atoms with E-state index in [1.807, 2.05) is 0 Å². The topological polar surface area (TPSA) is 15.3 Å². The lowest BCUT2D eigenvalue weighted by atomic mass is 10.0. The Bertz CT molecular complexity index is 361. The molecule has 0 amide bonds. The highest BCUT2D eigenvalue weighted by Crippen LogP contribution is 2.23. The zero-order valence-corrected chi connectivity index (χ0v) is 13.1. The van der Waals surface area contributed by atoms with Gasteiger partial charge in [0, 0.05) is 26.2 Å². The summed E-state index contributed by atoms with van der Waals surface area (Å²) in [7, 11) is 0. The number of alkyl halides is 1. The smallest absolute Gasteiger partial charge is 0.109 e. The molecule has 1 aliphatic rings. The molecule has 110 valence electrons. The summed E-state index contributed by atoms with van der Waals surface area (Å²) in [5.74, 6) is 0. The molecule has 19 heavy (non-hydrogen) atoms. The molecule has 1 aromatic carbocycles. The van der Waals surface area contributed by atoms with Crippen molar-refractivity contribution in [2.75, 3.05) is 32.9 Å². The van der Waals surface area contributed by atoms with Crippen LogP contribution in [0.5, 0.6) is 0 Å². The first-order valence-electron chi connectivity index (χ1n) is 6.29. The molecule has 1 fully saturated rings. The minimum Gasteiger partial charge on any atom is -0.314 e. The summed E-state index contributed by atoms with van der Waals surface area (Å²) in [6.45, 7) is 7.63. The zero-order chi connectivity index (χ0) is 12.3. The molecule has 0 bridgehead atoms. The van der Waals surface area contributed by atoms with E-state index in [2.05, 4.69) is 42.3 Å². The highest BCUT2D eigenvalue weighted by atomic mass is 35.5. The molecule has 1 N–H and O–H groups in total. The third-order valence-corrected chi connectivity index (χ3v) is 3.37. The normalized spacial score (nSPS) is 17.2. The van der Waals surface area contributed by atoms with Crippen LogP contribution in [0.4, 0.5) is 4.39 Å². The van der Waals surface area contributed by atoms with E-state index in [0.29, 0.717) is 0 Å². The zero-order valence-electron chi connectivity index (χ0n) is 11.5. The number of aryl methyl sites for hydroxylation is 2. The molecule has 0 radical (unpaired) electrons. The van der Waals surface area contributed by atoms with Crippen LogP contribution in [0, 0.1) is 13.8 Å². The lowest BCUT2D eigenvalue weighted by Gasteiger charge is -2.34. The number of hydrogen-bond donors (Lipinski definition) is 1. The largest absolute Gasteiger partial charge is 0.314 e. The lowest BCUT2D eigenvalue weighted by Crippen LogP contribution is -2.45. The Labute approximate surface area is 127 Å². The monoisotopic (exact) mass is 308 g/mol. The van der Waals surface area contributed by atoms with Crippen molar-refractivity contribution in [1.29, 1.82) is 0 Å². The van der Waals surface area contributed by atoms with E-state index >= 15 is 0 Å². The van der Waals surface area contributed by atoms with Gasteiger partial charge in [-0.3, -0.25) is 4.90 Å². The Hall–Kier alpha value is -0.350. The van der Waals surface area contributed by atoms with Crippen molar-refractivity contribution in [3.05, 3.63) is 34.9 Å². The van der Waals surface area contributed by atoms with Crippen molar-refractivity contribution < 1.29 is 4.39 Å². The predicted octanol–water partition coefficient (Wildman–Crippen LogP) is 3.06. The highest BCUT2D eigenvalue weighted by molar-refractivity contribution is 5.85. The Morgan fingerprint density at radius 1 is 1.11 bits per heavy atom. The maximum Gasteiger partial charge on any atom is 0.109 e. The molecule has 0 aromatic heterocycles. The van der Waals surface area contributed by atoms with Gasteiger partial charge in [0.05, 0.1) is 6.04 Å². The van der Waals surface area contributed by atoms with Gasteiger partial charge in [0.15, 0.2) is 0 Å². The van der Waals surface area contributed by atoms with Gasteiger partial charge in [0.1, 0.15) is 6.67 Å². The van der Waals surface area contributed by atoms with Crippen molar-refractivity contribution in [3.8, 4) is 0 Å². The van der Waals surface area contributed by atoms with Gasteiger partial charge in [0.25, 0.3) is 0 Å². The van der Waals surface area contributed by atoms with Crippen LogP contribution in [0.1, 0.15) is 22.7 Å². The number of benzene rings is 1. The van der Waals surface area contributed by atoms with E-state index in [1.165, 1.54) is 11.1 Å². The summed E-state index contributed by atoms with van der Waals surface area (Å²) in [6.07, 6.45) is 0. The molecule has 0 spiro atoms. The number of hydrogen-bond acceptors (Lipinski definition) is 2. The third-order valence-electron chi connectivity index (χ3n) is 3.37. The van der Waals surface area contributed by atoms with Crippen LogP contribution in [0.25, 0.3) is 0 Å². The number of nitrogens with one attached hydrogen (secondary N) is 1. The predicted molar refractivity (Wildman–Crippen MR) is 83.6 cm³/mol. The lowest BCUT2D eigenvalue weighted by molar-refractivity contribution is 0.147. The average Bonchev–Trinajstić information content (AvgIpc) is 2.30. The van der Waals surface area contributed by atoms with Crippen molar-refractivity contribution in [2.24, 2.45) is 0 Å². The van der Waals surface area contributed by atoms with Crippen LogP contribution in [0.2, 0.25) is 0 Å². The third kappa shape index (κ3) is 4.92. The van der Waals surface area contributed by atoms with Crippen LogP contribution in [0.3, 0.4) is 0 Å². The Kier molecular flexibility index (Phi) is 8.59. The van der Waals surface area contributed by atoms with Gasteiger partial charge in [0.2, 0.25) is 0 Å². The standard InChI is InChI=1S/C14H21FN2.2ClH/c1-11-7-12(2)9-13(8-11)14(10-15)17-5-3-16-4-6-17;;/h7-9,14,16H,3-6,10H2,1-2H3;2*1H/t14-;;/m1../s1. The minimum absolute atomic E-state index is 0. The van der Waals surface area contributed by atoms with E-state index in [4.69, 9.17) is 0 Å². The number of halogens is 3. The van der Waals surface area contributed by atoms with E-state index in [1.54, 1.807) is 0 Å². The van der Waals surface area contributed by atoms with E-state index in [-0.39, 0.29) is 37.5 Å². The number of piperazine rings is 1. The van der Waals surface area contributed by atoms with Gasteiger partial charge in [-0.1, -0.05) is 29.3 Å². The van der Waals surface area contributed by atoms with Gasteiger partial charge < -0.3 is 5.32 Å². The van der Waals surface area contributed by atoms with Crippen molar-refractivity contribution in [2.45, 2.75) is 19.9 Å². The second-order valence-electron chi connectivity index (χ2n) is 4.88. The summed E-state index contributed by atoms with van der Waals surface area (Å²) in [4.78, 5) is 2.24. The molecule has 1 atom stereocenters. The number of nitrogens with zero attached hydrogens (tertiary/aromatic N) is 1. The summed E-state index contributed by atoms with van der Waals surface area (Å²) >= 11 is 0. The quantitative estimate of drug-likeness (QED) is 0.923. The molecule has 1 saturated heterocycles. The van der Waals surface area contributed by atoms with Gasteiger partial charge in [-0.2, -0.15) is 0 Å². The van der Waals surface area contributed by atoms with Crippen molar-refractivity contribution >= 4 is 24.8 Å². The van der Waals surface area contributed by atoms with Crippen LogP contribution in [-0.4, -0.2) is 37.8 Å². The second kappa shape index (κ2) is 8.75. The van der Waals surface area contributed by atoms with Crippen LogP contribution in [0.15, 0.2) is 18.2 Å². The molecular formula is C14H23Cl2FN2. The van der Waals surface area contributed by atoms with E-state index in [0.717, 1.165) is 31.7 Å². The van der Waals surface area contributed by atoms with Crippen LogP contribution >= 0.6 is 24.8 Å². The first kappa shape index (κ1) is 18.7. The fourth-order valence-electron chi connectivity index (χ4n) is 2.59. The maximum atomic E-state index is 13.3. The minimum atomic E-state index is -0.303. The first-order chi connectivity index (χ1) is 8.20. The molecule has 1 heterocycles. The molecule has 5 heteroatoms. The van der Waals surface area contributed by atoms with Crippen LogP contribution < -0.4 is 5.32 Å². The Morgan fingerprint density at radius 2 is 1.63 bits per heavy atom. The first-order valence-corrected chi connectivity index (χ1v) is 6.29. The molecule has 2 nitrogen and oxygen atoms in total. The average molecular weight is 309 g/mol. The van der Waals surface area contributed by atoms with Crippen molar-refractivity contribution in [3.63, 3.8) is 0 Å². The summed E-state index contributed by atoms with van der Waals surface area (Å²) < 4.78 is 13.3. The highest BCUT2D eigenvalue weighted by Gasteiger charge is 2.22. The Balaban J connectivity index is 0.00000162. The van der Waals surface area contributed by atoms with Crippen LogP contribution in [-0.2, 0) is 0 Å². The van der Waals surface area contributed by atoms with Gasteiger partial charge in [-0.15, -0.1) is 24.8 Å². The van der Waals surface area contributed by atoms with E-state index < -0.39 is 0 Å². The summed E-state index contributed by atoms with van der Waals surface area (Å²) in [6, 6.07) is 6.28. The fourth-order valence-corrected chi connectivity index (χ4v) is 2.59. The molecular weight excluding hydrogens is 286 g/mol. The Morgan fingerprint density at radius 3 is 2.11 bits per heavy atom. The molecule has 0 unspecified atom stereocenters. The summed E-state index contributed by atoms with van der Waals surface area (Å²) in [5.41, 5.74) is 3.55. The molecule has 0 aliphatic carbocycles. The molecule has 1 aliphatic heterocycles. The second-order valence-corrected chi connectivity index (χ2v) is 4.88. The summed E-state index contributed by atoms with van der Waals surface area (Å²) in [5, 5.41) is 3.30. The van der Waals surface area contributed by atoms with Gasteiger partial charge in [-0.05, 0) is 19.4 Å².